The summed E-state index contributed by atoms with van der Waals surface area (Å²) in [5.74, 6) is -0.171. The fourth-order valence-electron chi connectivity index (χ4n) is 2.88. The minimum absolute atomic E-state index is 0.112. The second kappa shape index (κ2) is 6.16. The number of carboxylic acid groups (broad SMARTS) is 1. The zero-order chi connectivity index (χ0) is 18.2. The summed E-state index contributed by atoms with van der Waals surface area (Å²) >= 11 is 0. The van der Waals surface area contributed by atoms with E-state index in [9.17, 15) is 15.2 Å². The van der Waals surface area contributed by atoms with Crippen molar-refractivity contribution in [3.8, 4) is 12.0 Å². The molecule has 25 heavy (non-hydrogen) atoms. The van der Waals surface area contributed by atoms with E-state index in [0.29, 0.717) is 11.5 Å². The highest BCUT2D eigenvalue weighted by molar-refractivity contribution is 5.89. The van der Waals surface area contributed by atoms with Crippen molar-refractivity contribution in [1.82, 2.24) is 19.7 Å². The molecule has 0 spiro atoms. The molecule has 8 nitrogen and oxygen atoms in total. The molecular formula is C17H20N6O2. The summed E-state index contributed by atoms with van der Waals surface area (Å²) in [4.78, 5) is 22.4. The molecule has 0 amide bonds. The van der Waals surface area contributed by atoms with Crippen LogP contribution in [-0.4, -0.2) is 43.9 Å². The van der Waals surface area contributed by atoms with Crippen LogP contribution >= 0.6 is 0 Å². The van der Waals surface area contributed by atoms with E-state index in [1.165, 1.54) is 10.9 Å². The lowest BCUT2D eigenvalue weighted by atomic mass is 9.90. The number of carboxylic acids is 1. The van der Waals surface area contributed by atoms with Crippen molar-refractivity contribution in [2.75, 3.05) is 18.0 Å². The van der Waals surface area contributed by atoms with Crippen LogP contribution in [0.3, 0.4) is 0 Å². The van der Waals surface area contributed by atoms with Gasteiger partial charge in [-0.15, -0.1) is 0 Å². The zero-order valence-electron chi connectivity index (χ0n) is 14.5. The van der Waals surface area contributed by atoms with Gasteiger partial charge in [-0.25, -0.2) is 14.5 Å². The minimum Gasteiger partial charge on any atom is -0.478 e. The van der Waals surface area contributed by atoms with Crippen molar-refractivity contribution in [2.45, 2.75) is 39.0 Å². The lowest BCUT2D eigenvalue weighted by Crippen LogP contribution is -2.20. The van der Waals surface area contributed by atoms with Crippen LogP contribution in [0.2, 0.25) is 0 Å². The molecule has 3 rings (SSSR count). The van der Waals surface area contributed by atoms with Gasteiger partial charge in [-0.2, -0.15) is 15.3 Å². The van der Waals surface area contributed by atoms with E-state index in [1.807, 2.05) is 26.8 Å². The van der Waals surface area contributed by atoms with Crippen LogP contribution in [0.1, 0.15) is 55.4 Å². The van der Waals surface area contributed by atoms with Gasteiger partial charge in [-0.05, 0) is 12.8 Å². The van der Waals surface area contributed by atoms with Crippen LogP contribution in [-0.2, 0) is 5.41 Å². The number of hydrogen-bond acceptors (Lipinski definition) is 6. The molecule has 0 aromatic carbocycles. The monoisotopic (exact) mass is 340 g/mol. The van der Waals surface area contributed by atoms with Crippen LogP contribution in [0, 0.1) is 11.3 Å². The first-order valence-electron chi connectivity index (χ1n) is 8.17. The first-order chi connectivity index (χ1) is 11.8. The molecule has 1 fully saturated rings. The van der Waals surface area contributed by atoms with Gasteiger partial charge in [0.25, 0.3) is 5.95 Å². The Labute approximate surface area is 145 Å². The number of rotatable bonds is 3. The lowest BCUT2D eigenvalue weighted by Gasteiger charge is -2.17. The largest absolute Gasteiger partial charge is 0.478 e. The Morgan fingerprint density at radius 2 is 1.96 bits per heavy atom. The normalized spacial score (nSPS) is 14.6. The summed E-state index contributed by atoms with van der Waals surface area (Å²) in [5, 5.41) is 23.1. The smallest absolute Gasteiger partial charge is 0.339 e. The zero-order valence-corrected chi connectivity index (χ0v) is 14.5. The molecule has 0 atom stereocenters. The van der Waals surface area contributed by atoms with Crippen molar-refractivity contribution < 1.29 is 9.90 Å². The Hall–Kier alpha value is -2.95. The van der Waals surface area contributed by atoms with Gasteiger partial charge in [0.05, 0.1) is 5.69 Å². The Bertz CT molecular complexity index is 853. The molecule has 1 aliphatic rings. The predicted molar refractivity (Wildman–Crippen MR) is 91.0 cm³/mol. The number of hydrogen-bond donors (Lipinski definition) is 1. The fourth-order valence-corrected chi connectivity index (χ4v) is 2.88. The standard InChI is InChI=1S/C17H20N6O2/c1-17(2,3)14-12(15(24)25)10-23(21-14)16-19-11(9-18)8-13(20-16)22-6-4-5-7-22/h8,10H,4-7H2,1-3H3,(H,24,25). The summed E-state index contributed by atoms with van der Waals surface area (Å²) in [7, 11) is 0. The maximum Gasteiger partial charge on any atom is 0.339 e. The average molecular weight is 340 g/mol. The van der Waals surface area contributed by atoms with Gasteiger partial charge in [0.2, 0.25) is 0 Å². The third-order valence-electron chi connectivity index (χ3n) is 4.11. The van der Waals surface area contributed by atoms with Crippen molar-refractivity contribution in [3.63, 3.8) is 0 Å². The fraction of sp³-hybridized carbons (Fsp3) is 0.471. The quantitative estimate of drug-likeness (QED) is 0.911. The molecule has 0 aliphatic carbocycles. The van der Waals surface area contributed by atoms with Gasteiger partial charge in [-0.1, -0.05) is 20.8 Å². The van der Waals surface area contributed by atoms with Crippen molar-refractivity contribution >= 4 is 11.8 Å². The van der Waals surface area contributed by atoms with E-state index in [1.54, 1.807) is 6.07 Å². The molecule has 2 aromatic heterocycles. The number of carbonyl (C=O) groups is 1. The Kier molecular flexibility index (Phi) is 4.17. The minimum atomic E-state index is -1.05. The van der Waals surface area contributed by atoms with Gasteiger partial charge < -0.3 is 10.0 Å². The highest BCUT2D eigenvalue weighted by Gasteiger charge is 2.27. The molecule has 2 aromatic rings. The molecule has 0 saturated carbocycles. The third kappa shape index (κ3) is 3.31. The van der Waals surface area contributed by atoms with Crippen molar-refractivity contribution in [3.05, 3.63) is 29.2 Å². The maximum absolute atomic E-state index is 11.6. The molecule has 1 N–H and O–H groups in total. The van der Waals surface area contributed by atoms with Crippen LogP contribution < -0.4 is 4.90 Å². The van der Waals surface area contributed by atoms with Crippen molar-refractivity contribution in [2.24, 2.45) is 0 Å². The summed E-state index contributed by atoms with van der Waals surface area (Å²) < 4.78 is 1.35. The van der Waals surface area contributed by atoms with E-state index < -0.39 is 11.4 Å². The molecule has 0 radical (unpaired) electrons. The molecule has 3 heterocycles. The third-order valence-corrected chi connectivity index (χ3v) is 4.11. The van der Waals surface area contributed by atoms with Crippen LogP contribution in [0.5, 0.6) is 0 Å². The molecule has 0 bridgehead atoms. The summed E-state index contributed by atoms with van der Waals surface area (Å²) in [6.07, 6.45) is 3.58. The Morgan fingerprint density at radius 3 is 2.48 bits per heavy atom. The molecular weight excluding hydrogens is 320 g/mol. The van der Waals surface area contributed by atoms with Crippen LogP contribution in [0.4, 0.5) is 5.82 Å². The maximum atomic E-state index is 11.6. The lowest BCUT2D eigenvalue weighted by molar-refractivity contribution is 0.0694. The van der Waals surface area contributed by atoms with Gasteiger partial charge in [0.1, 0.15) is 23.1 Å². The van der Waals surface area contributed by atoms with Crippen LogP contribution in [0.15, 0.2) is 12.3 Å². The predicted octanol–water partition coefficient (Wildman–Crippen LogP) is 2.13. The number of aromatic nitrogens is 4. The number of nitriles is 1. The van der Waals surface area contributed by atoms with E-state index in [-0.39, 0.29) is 17.2 Å². The van der Waals surface area contributed by atoms with E-state index in [2.05, 4.69) is 20.0 Å². The number of nitrogens with zero attached hydrogens (tertiary/aromatic N) is 6. The van der Waals surface area contributed by atoms with Gasteiger partial charge >= 0.3 is 5.97 Å². The van der Waals surface area contributed by atoms with E-state index in [0.717, 1.165) is 25.9 Å². The van der Waals surface area contributed by atoms with Crippen LogP contribution in [0.25, 0.3) is 5.95 Å². The number of anilines is 1. The summed E-state index contributed by atoms with van der Waals surface area (Å²) in [6.45, 7) is 7.46. The molecule has 0 unspecified atom stereocenters. The van der Waals surface area contributed by atoms with Gasteiger partial charge in [-0.3, -0.25) is 0 Å². The second-order valence-electron chi connectivity index (χ2n) is 7.11. The molecule has 1 saturated heterocycles. The van der Waals surface area contributed by atoms with Gasteiger partial charge in [0.15, 0.2) is 0 Å². The molecule has 1 aliphatic heterocycles. The molecule has 8 heteroatoms. The first-order valence-corrected chi connectivity index (χ1v) is 8.17. The molecule has 130 valence electrons. The Balaban J connectivity index is 2.11. The highest BCUT2D eigenvalue weighted by Crippen LogP contribution is 2.26. The summed E-state index contributed by atoms with van der Waals surface area (Å²) in [6, 6.07) is 3.69. The van der Waals surface area contributed by atoms with E-state index >= 15 is 0 Å². The number of aromatic carboxylic acids is 1. The second-order valence-corrected chi connectivity index (χ2v) is 7.11. The summed E-state index contributed by atoms with van der Waals surface area (Å²) in [5.41, 5.74) is 0.357. The topological polar surface area (TPSA) is 108 Å². The Morgan fingerprint density at radius 1 is 1.28 bits per heavy atom. The SMILES string of the molecule is CC(C)(C)c1nn(-c2nc(C#N)cc(N3CCCC3)n2)cc1C(=O)O. The van der Waals surface area contributed by atoms with Crippen molar-refractivity contribution in [1.29, 1.82) is 5.26 Å². The van der Waals surface area contributed by atoms with Gasteiger partial charge in [0, 0.05) is 30.8 Å². The van der Waals surface area contributed by atoms with E-state index in [4.69, 9.17) is 0 Å². The first kappa shape index (κ1) is 16.9. The average Bonchev–Trinajstić information content (AvgIpc) is 3.23. The highest BCUT2D eigenvalue weighted by atomic mass is 16.4.